The highest BCUT2D eigenvalue weighted by Crippen LogP contribution is 2.34. The Hall–Kier alpha value is -2.11. The van der Waals surface area contributed by atoms with Gasteiger partial charge in [0.25, 0.3) is 0 Å². The molecule has 3 heterocycles. The molecule has 1 atom stereocenters. The third kappa shape index (κ3) is 2.23. The fourth-order valence-electron chi connectivity index (χ4n) is 3.89. The van der Waals surface area contributed by atoms with Crippen LogP contribution in [0.4, 0.5) is 11.8 Å². The van der Waals surface area contributed by atoms with Crippen molar-refractivity contribution in [2.24, 2.45) is 7.05 Å². The van der Waals surface area contributed by atoms with Gasteiger partial charge >= 0.3 is 0 Å². The fourth-order valence-corrected chi connectivity index (χ4v) is 3.89. The maximum atomic E-state index is 5.93. The van der Waals surface area contributed by atoms with Gasteiger partial charge in [-0.15, -0.1) is 0 Å². The quantitative estimate of drug-likeness (QED) is 0.913. The molecule has 1 unspecified atom stereocenters. The van der Waals surface area contributed by atoms with Crippen LogP contribution in [0.25, 0.3) is 0 Å². The van der Waals surface area contributed by atoms with Crippen molar-refractivity contribution in [3.8, 4) is 0 Å². The lowest BCUT2D eigenvalue weighted by Crippen LogP contribution is -2.36. The van der Waals surface area contributed by atoms with Crippen molar-refractivity contribution in [2.75, 3.05) is 23.7 Å². The van der Waals surface area contributed by atoms with E-state index in [1.165, 1.54) is 30.5 Å². The molecule has 0 amide bonds. The van der Waals surface area contributed by atoms with Gasteiger partial charge in [-0.25, -0.2) is 4.98 Å². The summed E-state index contributed by atoms with van der Waals surface area (Å²) in [4.78, 5) is 11.4. The first-order chi connectivity index (χ1) is 10.7. The molecule has 22 heavy (non-hydrogen) atoms. The van der Waals surface area contributed by atoms with Crippen LogP contribution in [-0.2, 0) is 19.9 Å². The predicted octanol–water partition coefficient (Wildman–Crippen LogP) is 1.66. The molecule has 0 radical (unpaired) electrons. The smallest absolute Gasteiger partial charge is 0.222 e. The third-order valence-corrected chi connectivity index (χ3v) is 4.93. The predicted molar refractivity (Wildman–Crippen MR) is 85.9 cm³/mol. The monoisotopic (exact) mass is 298 g/mol. The minimum Gasteiger partial charge on any atom is -0.368 e. The van der Waals surface area contributed by atoms with Gasteiger partial charge in [-0.3, -0.25) is 4.68 Å². The second-order valence-corrected chi connectivity index (χ2v) is 6.35. The number of nitrogens with two attached hydrogens (primary N) is 1. The summed E-state index contributed by atoms with van der Waals surface area (Å²) in [6.07, 6.45) is 7.55. The number of nitrogens with zero attached hydrogens (tertiary/aromatic N) is 5. The van der Waals surface area contributed by atoms with Crippen LogP contribution >= 0.6 is 0 Å². The number of hydrogen-bond acceptors (Lipinski definition) is 5. The van der Waals surface area contributed by atoms with Gasteiger partial charge in [-0.05, 0) is 38.2 Å². The van der Waals surface area contributed by atoms with Gasteiger partial charge in [-0.2, -0.15) is 10.1 Å². The van der Waals surface area contributed by atoms with Crippen LogP contribution in [0.3, 0.4) is 0 Å². The lowest BCUT2D eigenvalue weighted by atomic mass is 9.94. The number of aryl methyl sites for hydroxylation is 2. The van der Waals surface area contributed by atoms with E-state index in [2.05, 4.69) is 26.0 Å². The van der Waals surface area contributed by atoms with E-state index >= 15 is 0 Å². The van der Waals surface area contributed by atoms with Crippen LogP contribution in [0.2, 0.25) is 0 Å². The molecule has 1 aliphatic carbocycles. The number of aromatic nitrogens is 4. The van der Waals surface area contributed by atoms with Gasteiger partial charge in [-0.1, -0.05) is 0 Å². The topological polar surface area (TPSA) is 72.9 Å². The van der Waals surface area contributed by atoms with Crippen molar-refractivity contribution in [2.45, 2.75) is 38.0 Å². The van der Waals surface area contributed by atoms with Crippen molar-refractivity contribution in [3.05, 3.63) is 29.2 Å². The zero-order valence-electron chi connectivity index (χ0n) is 13.0. The zero-order chi connectivity index (χ0) is 15.1. The van der Waals surface area contributed by atoms with Gasteiger partial charge in [0.1, 0.15) is 5.82 Å². The Labute approximate surface area is 130 Å². The van der Waals surface area contributed by atoms with Crippen molar-refractivity contribution >= 4 is 11.8 Å². The summed E-state index contributed by atoms with van der Waals surface area (Å²) in [7, 11) is 2.02. The van der Waals surface area contributed by atoms with E-state index in [4.69, 9.17) is 5.73 Å². The molecule has 0 aromatic carbocycles. The highest BCUT2D eigenvalue weighted by molar-refractivity contribution is 5.54. The minimum absolute atomic E-state index is 0.415. The average Bonchev–Trinajstić information content (AvgIpc) is 3.15. The molecule has 2 aliphatic rings. The molecule has 116 valence electrons. The third-order valence-electron chi connectivity index (χ3n) is 4.93. The van der Waals surface area contributed by atoms with Crippen molar-refractivity contribution in [3.63, 3.8) is 0 Å². The standard InChI is InChI=1S/C16H22N6/c1-21-14(7-8-18-21)11-4-3-9-22(10-11)15-12-5-2-6-13(12)19-16(17)20-15/h7-8,11H,2-6,9-10H2,1H3,(H2,17,19,20). The first-order valence-electron chi connectivity index (χ1n) is 8.10. The van der Waals surface area contributed by atoms with Gasteiger partial charge in [0.05, 0.1) is 5.69 Å². The van der Waals surface area contributed by atoms with Gasteiger partial charge in [0.15, 0.2) is 0 Å². The van der Waals surface area contributed by atoms with Crippen LogP contribution in [0, 0.1) is 0 Å². The minimum atomic E-state index is 0.415. The molecule has 0 spiro atoms. The average molecular weight is 298 g/mol. The number of hydrogen-bond donors (Lipinski definition) is 1. The lowest BCUT2D eigenvalue weighted by Gasteiger charge is -2.34. The summed E-state index contributed by atoms with van der Waals surface area (Å²) in [5.74, 6) is 2.00. The Morgan fingerprint density at radius 1 is 1.23 bits per heavy atom. The molecule has 4 rings (SSSR count). The highest BCUT2D eigenvalue weighted by Gasteiger charge is 2.28. The molecular formula is C16H22N6. The van der Waals surface area contributed by atoms with E-state index in [0.29, 0.717) is 11.9 Å². The van der Waals surface area contributed by atoms with E-state index in [0.717, 1.165) is 37.4 Å². The number of anilines is 2. The summed E-state index contributed by atoms with van der Waals surface area (Å²) in [5, 5.41) is 4.31. The summed E-state index contributed by atoms with van der Waals surface area (Å²) in [6, 6.07) is 2.13. The lowest BCUT2D eigenvalue weighted by molar-refractivity contribution is 0.480. The van der Waals surface area contributed by atoms with Crippen LogP contribution in [0.5, 0.6) is 0 Å². The normalized spacial score (nSPS) is 21.1. The number of rotatable bonds is 2. The number of fused-ring (bicyclic) bond motifs is 1. The van der Waals surface area contributed by atoms with Crippen LogP contribution in [0.1, 0.15) is 42.1 Å². The molecule has 6 heteroatoms. The number of nitrogen functional groups attached to an aromatic ring is 1. The Morgan fingerprint density at radius 3 is 2.95 bits per heavy atom. The Bertz CT molecular complexity index is 692. The highest BCUT2D eigenvalue weighted by atomic mass is 15.3. The van der Waals surface area contributed by atoms with Crippen molar-refractivity contribution in [1.82, 2.24) is 19.7 Å². The second kappa shape index (κ2) is 5.26. The van der Waals surface area contributed by atoms with Crippen LogP contribution in [0.15, 0.2) is 12.3 Å². The molecule has 0 bridgehead atoms. The SMILES string of the molecule is Cn1nccc1C1CCCN(c2nc(N)nc3c2CCC3)C1. The molecule has 2 N–H and O–H groups in total. The largest absolute Gasteiger partial charge is 0.368 e. The van der Waals surface area contributed by atoms with E-state index in [-0.39, 0.29) is 0 Å². The first kappa shape index (κ1) is 13.5. The zero-order valence-corrected chi connectivity index (χ0v) is 13.0. The first-order valence-corrected chi connectivity index (χ1v) is 8.10. The summed E-state index contributed by atoms with van der Waals surface area (Å²) >= 11 is 0. The Kier molecular flexibility index (Phi) is 3.24. The van der Waals surface area contributed by atoms with E-state index in [1.54, 1.807) is 0 Å². The molecular weight excluding hydrogens is 276 g/mol. The van der Waals surface area contributed by atoms with Crippen LogP contribution < -0.4 is 10.6 Å². The van der Waals surface area contributed by atoms with Crippen molar-refractivity contribution < 1.29 is 0 Å². The summed E-state index contributed by atoms with van der Waals surface area (Å²) in [5.41, 5.74) is 9.71. The maximum Gasteiger partial charge on any atom is 0.222 e. The molecule has 1 fully saturated rings. The summed E-state index contributed by atoms with van der Waals surface area (Å²) in [6.45, 7) is 2.04. The number of piperidine rings is 1. The maximum absolute atomic E-state index is 5.93. The fraction of sp³-hybridized carbons (Fsp3) is 0.562. The Balaban J connectivity index is 1.65. The van der Waals surface area contributed by atoms with E-state index in [1.807, 2.05) is 17.9 Å². The van der Waals surface area contributed by atoms with Gasteiger partial charge in [0.2, 0.25) is 5.95 Å². The molecule has 0 saturated carbocycles. The summed E-state index contributed by atoms with van der Waals surface area (Å²) < 4.78 is 1.99. The Morgan fingerprint density at radius 2 is 2.14 bits per heavy atom. The molecule has 6 nitrogen and oxygen atoms in total. The molecule has 1 saturated heterocycles. The molecule has 2 aromatic rings. The van der Waals surface area contributed by atoms with E-state index in [9.17, 15) is 0 Å². The molecule has 1 aliphatic heterocycles. The van der Waals surface area contributed by atoms with E-state index < -0.39 is 0 Å². The van der Waals surface area contributed by atoms with Crippen molar-refractivity contribution in [1.29, 1.82) is 0 Å². The van der Waals surface area contributed by atoms with Gasteiger partial charge < -0.3 is 10.6 Å². The second-order valence-electron chi connectivity index (χ2n) is 6.35. The molecule has 2 aromatic heterocycles. The van der Waals surface area contributed by atoms with Crippen LogP contribution in [-0.4, -0.2) is 32.8 Å². The van der Waals surface area contributed by atoms with Gasteiger partial charge in [0, 0.05) is 43.5 Å².